The first kappa shape index (κ1) is 19.8. The van der Waals surface area contributed by atoms with Crippen molar-refractivity contribution in [2.75, 3.05) is 5.32 Å². The van der Waals surface area contributed by atoms with E-state index in [-0.39, 0.29) is 18.2 Å². The lowest BCUT2D eigenvalue weighted by Crippen LogP contribution is -2.19. The molecule has 0 saturated heterocycles. The van der Waals surface area contributed by atoms with Gasteiger partial charge in [0.05, 0.1) is 5.56 Å². The Bertz CT molecular complexity index is 926. The van der Waals surface area contributed by atoms with Crippen LogP contribution >= 0.6 is 11.3 Å². The molecule has 0 fully saturated rings. The fourth-order valence-electron chi connectivity index (χ4n) is 3.52. The predicted octanol–water partition coefficient (Wildman–Crippen LogP) is 4.88. The van der Waals surface area contributed by atoms with Crippen LogP contribution < -0.4 is 11.1 Å². The number of thiophene rings is 1. The van der Waals surface area contributed by atoms with E-state index in [1.807, 2.05) is 74.5 Å². The second-order valence-corrected chi connectivity index (χ2v) is 7.91. The molecule has 3 aromatic rings. The molecule has 3 rings (SSSR count). The third-order valence-corrected chi connectivity index (χ3v) is 5.92. The van der Waals surface area contributed by atoms with Crippen LogP contribution in [-0.4, -0.2) is 11.8 Å². The van der Waals surface area contributed by atoms with Gasteiger partial charge in [-0.25, -0.2) is 0 Å². The van der Waals surface area contributed by atoms with Crippen molar-refractivity contribution in [2.45, 2.75) is 32.6 Å². The molecule has 0 saturated carbocycles. The van der Waals surface area contributed by atoms with Gasteiger partial charge in [0, 0.05) is 17.2 Å². The topological polar surface area (TPSA) is 72.2 Å². The number of benzene rings is 2. The van der Waals surface area contributed by atoms with Crippen LogP contribution in [0.5, 0.6) is 0 Å². The van der Waals surface area contributed by atoms with Crippen molar-refractivity contribution in [3.63, 3.8) is 0 Å². The van der Waals surface area contributed by atoms with Crippen molar-refractivity contribution in [3.05, 3.63) is 87.8 Å². The summed E-state index contributed by atoms with van der Waals surface area (Å²) in [5.41, 5.74) is 9.09. The highest BCUT2D eigenvalue weighted by atomic mass is 32.1. The van der Waals surface area contributed by atoms with E-state index in [9.17, 15) is 9.59 Å². The molecule has 0 aliphatic carbocycles. The number of hydrogen-bond acceptors (Lipinski definition) is 3. The Morgan fingerprint density at radius 2 is 1.54 bits per heavy atom. The van der Waals surface area contributed by atoms with Gasteiger partial charge in [0.15, 0.2) is 0 Å². The van der Waals surface area contributed by atoms with Crippen molar-refractivity contribution in [1.29, 1.82) is 0 Å². The number of anilines is 1. The van der Waals surface area contributed by atoms with Gasteiger partial charge in [-0.2, -0.15) is 0 Å². The smallest absolute Gasteiger partial charge is 0.251 e. The zero-order chi connectivity index (χ0) is 20.1. The molecular weight excluding hydrogens is 368 g/mol. The fraction of sp³-hybridized carbons (Fsp3) is 0.217. The maximum absolute atomic E-state index is 12.9. The molecule has 0 aliphatic rings. The summed E-state index contributed by atoms with van der Waals surface area (Å²) >= 11 is 1.41. The van der Waals surface area contributed by atoms with Crippen LogP contribution in [-0.2, 0) is 11.2 Å². The Kier molecular flexibility index (Phi) is 6.26. The van der Waals surface area contributed by atoms with E-state index < -0.39 is 5.91 Å². The maximum Gasteiger partial charge on any atom is 0.251 e. The van der Waals surface area contributed by atoms with Crippen LogP contribution in [0.2, 0.25) is 0 Å². The number of primary amides is 1. The molecule has 4 nitrogen and oxygen atoms in total. The lowest BCUT2D eigenvalue weighted by Gasteiger charge is -2.18. The van der Waals surface area contributed by atoms with Gasteiger partial charge in [0.25, 0.3) is 5.91 Å². The molecule has 1 aromatic heterocycles. The van der Waals surface area contributed by atoms with Gasteiger partial charge in [-0.15, -0.1) is 11.3 Å². The van der Waals surface area contributed by atoms with E-state index in [2.05, 4.69) is 5.32 Å². The summed E-state index contributed by atoms with van der Waals surface area (Å²) < 4.78 is 0. The number of amides is 2. The van der Waals surface area contributed by atoms with Gasteiger partial charge < -0.3 is 11.1 Å². The molecule has 3 N–H and O–H groups in total. The fourth-order valence-corrected chi connectivity index (χ4v) is 4.68. The van der Waals surface area contributed by atoms with Crippen LogP contribution in [0.15, 0.2) is 60.7 Å². The summed E-state index contributed by atoms with van der Waals surface area (Å²) in [4.78, 5) is 25.8. The standard InChI is InChI=1S/C23H24N2O2S/c1-3-18-15(2)28-23(21(18)22(24)27)25-20(26)14-19(16-10-6-4-7-11-16)17-12-8-5-9-13-17/h4-13,19H,3,14H2,1-2H3,(H2,24,27)(H,25,26). The van der Waals surface area contributed by atoms with Gasteiger partial charge >= 0.3 is 0 Å². The number of hydrogen-bond donors (Lipinski definition) is 2. The first-order valence-corrected chi connectivity index (χ1v) is 10.1. The van der Waals surface area contributed by atoms with Crippen molar-refractivity contribution >= 4 is 28.2 Å². The zero-order valence-corrected chi connectivity index (χ0v) is 16.9. The molecule has 0 radical (unpaired) electrons. The van der Waals surface area contributed by atoms with E-state index in [0.29, 0.717) is 17.0 Å². The molecule has 144 valence electrons. The van der Waals surface area contributed by atoms with Crippen LogP contribution in [0, 0.1) is 6.92 Å². The minimum Gasteiger partial charge on any atom is -0.365 e. The summed E-state index contributed by atoms with van der Waals surface area (Å²) in [5.74, 6) is -0.700. The first-order chi connectivity index (χ1) is 13.5. The molecule has 2 aromatic carbocycles. The maximum atomic E-state index is 12.9. The third-order valence-electron chi connectivity index (χ3n) is 4.86. The van der Waals surface area contributed by atoms with Crippen molar-refractivity contribution in [2.24, 2.45) is 5.73 Å². The van der Waals surface area contributed by atoms with Crippen molar-refractivity contribution in [3.8, 4) is 0 Å². The summed E-state index contributed by atoms with van der Waals surface area (Å²) in [6.45, 7) is 3.93. The minimum absolute atomic E-state index is 0.0638. The number of carbonyl (C=O) groups is 2. The quantitative estimate of drug-likeness (QED) is 0.601. The largest absolute Gasteiger partial charge is 0.365 e. The molecular formula is C23H24N2O2S. The molecule has 0 aliphatic heterocycles. The summed E-state index contributed by atoms with van der Waals surface area (Å²) in [5, 5.41) is 3.48. The molecule has 0 atom stereocenters. The Morgan fingerprint density at radius 3 is 2.00 bits per heavy atom. The Balaban J connectivity index is 1.87. The summed E-state index contributed by atoms with van der Waals surface area (Å²) in [6.07, 6.45) is 0.984. The van der Waals surface area contributed by atoms with Gasteiger partial charge in [0.2, 0.25) is 5.91 Å². The molecule has 0 spiro atoms. The highest BCUT2D eigenvalue weighted by Gasteiger charge is 2.23. The first-order valence-electron chi connectivity index (χ1n) is 9.33. The van der Waals surface area contributed by atoms with Gasteiger partial charge in [-0.3, -0.25) is 9.59 Å². The summed E-state index contributed by atoms with van der Waals surface area (Å²) in [7, 11) is 0. The van der Waals surface area contributed by atoms with E-state index >= 15 is 0 Å². The van der Waals surface area contributed by atoms with E-state index in [1.54, 1.807) is 0 Å². The van der Waals surface area contributed by atoms with Crippen molar-refractivity contribution in [1.82, 2.24) is 0 Å². The lowest BCUT2D eigenvalue weighted by atomic mass is 9.88. The van der Waals surface area contributed by atoms with Crippen LogP contribution in [0.25, 0.3) is 0 Å². The Hall–Kier alpha value is -2.92. The zero-order valence-electron chi connectivity index (χ0n) is 16.1. The molecule has 2 amide bonds. The number of aryl methyl sites for hydroxylation is 1. The lowest BCUT2D eigenvalue weighted by molar-refractivity contribution is -0.116. The minimum atomic E-state index is -0.501. The number of nitrogens with two attached hydrogens (primary N) is 1. The van der Waals surface area contributed by atoms with Gasteiger partial charge in [0.1, 0.15) is 5.00 Å². The van der Waals surface area contributed by atoms with E-state index in [4.69, 9.17) is 5.73 Å². The molecule has 0 bridgehead atoms. The molecule has 5 heteroatoms. The van der Waals surface area contributed by atoms with Crippen LogP contribution in [0.1, 0.15) is 51.2 Å². The number of carbonyl (C=O) groups excluding carboxylic acids is 2. The van der Waals surface area contributed by atoms with Crippen molar-refractivity contribution < 1.29 is 9.59 Å². The van der Waals surface area contributed by atoms with E-state index in [1.165, 1.54) is 11.3 Å². The van der Waals surface area contributed by atoms with Gasteiger partial charge in [-0.05, 0) is 30.0 Å². The second-order valence-electron chi connectivity index (χ2n) is 6.68. The highest BCUT2D eigenvalue weighted by Crippen LogP contribution is 2.34. The van der Waals surface area contributed by atoms with E-state index in [0.717, 1.165) is 21.6 Å². The Labute approximate surface area is 169 Å². The number of nitrogens with one attached hydrogen (secondary N) is 1. The van der Waals surface area contributed by atoms with Crippen LogP contribution in [0.3, 0.4) is 0 Å². The average Bonchev–Trinajstić information content (AvgIpc) is 3.02. The Morgan fingerprint density at radius 1 is 1.00 bits per heavy atom. The van der Waals surface area contributed by atoms with Crippen LogP contribution in [0.4, 0.5) is 5.00 Å². The normalized spacial score (nSPS) is 10.8. The summed E-state index contributed by atoms with van der Waals surface area (Å²) in [6, 6.07) is 20.0. The van der Waals surface area contributed by atoms with Gasteiger partial charge in [-0.1, -0.05) is 67.6 Å². The molecule has 0 unspecified atom stereocenters. The molecule has 28 heavy (non-hydrogen) atoms. The monoisotopic (exact) mass is 392 g/mol. The average molecular weight is 393 g/mol. The number of rotatable bonds is 7. The second kappa shape index (κ2) is 8.85. The third kappa shape index (κ3) is 4.31. The predicted molar refractivity (Wildman–Crippen MR) is 115 cm³/mol. The SMILES string of the molecule is CCc1c(C)sc(NC(=O)CC(c2ccccc2)c2ccccc2)c1C(N)=O. The molecule has 1 heterocycles. The highest BCUT2D eigenvalue weighted by molar-refractivity contribution is 7.16.